The summed E-state index contributed by atoms with van der Waals surface area (Å²) >= 11 is 0. The predicted octanol–water partition coefficient (Wildman–Crippen LogP) is 8.68. The van der Waals surface area contributed by atoms with Crippen LogP contribution in [0, 0.1) is 46.8 Å². The summed E-state index contributed by atoms with van der Waals surface area (Å²) in [6, 6.07) is 0. The summed E-state index contributed by atoms with van der Waals surface area (Å²) in [7, 11) is 1.91. The summed E-state index contributed by atoms with van der Waals surface area (Å²) in [6.07, 6.45) is 18.8. The molecule has 4 aliphatic carbocycles. The largest absolute Gasteiger partial charge is 0.381 e. The summed E-state index contributed by atoms with van der Waals surface area (Å²) in [5.74, 6) is 6.66. The van der Waals surface area contributed by atoms with E-state index in [2.05, 4.69) is 33.8 Å². The molecule has 0 amide bonds. The van der Waals surface area contributed by atoms with Gasteiger partial charge in [-0.3, -0.25) is 0 Å². The fraction of sp³-hybridized carbons (Fsp3) is 0.931. The van der Waals surface area contributed by atoms with Crippen molar-refractivity contribution < 1.29 is 4.74 Å². The van der Waals surface area contributed by atoms with Crippen molar-refractivity contribution in [1.82, 2.24) is 0 Å². The lowest BCUT2D eigenvalue weighted by molar-refractivity contribution is -0.0318. The van der Waals surface area contributed by atoms with E-state index in [9.17, 15) is 0 Å². The number of hydrogen-bond donors (Lipinski definition) is 0. The number of hydrogen-bond acceptors (Lipinski definition) is 1. The van der Waals surface area contributed by atoms with Gasteiger partial charge in [0, 0.05) is 7.11 Å². The van der Waals surface area contributed by atoms with E-state index in [4.69, 9.17) is 4.74 Å². The molecule has 0 bridgehead atoms. The maximum Gasteiger partial charge on any atom is 0.0608 e. The average molecular weight is 417 g/mol. The van der Waals surface area contributed by atoms with Crippen LogP contribution in [-0.2, 0) is 4.74 Å². The van der Waals surface area contributed by atoms with Crippen LogP contribution in [0.3, 0.4) is 0 Å². The van der Waals surface area contributed by atoms with Crippen molar-refractivity contribution in [2.24, 2.45) is 46.8 Å². The standard InChI is InChI=1S/C27H46O.C2H6/c1-18(2)7-6-8-19(3)25-13-14-26-24-11-9-20-17-21(28-5)10-12-22(20)23(24)15-16-27(25,26)4;1-2/h9,18-19,21-26H,6-8,10-17H2,1-5H3;1-2H3. The Balaban J connectivity index is 0.00000124. The van der Waals surface area contributed by atoms with E-state index >= 15 is 0 Å². The molecule has 0 aromatic rings. The molecule has 0 spiro atoms. The van der Waals surface area contributed by atoms with Crippen LogP contribution in [0.4, 0.5) is 0 Å². The SMILES string of the molecule is CC.COC1CCC2C(=CCC3C2CCC2(C)C(C(C)CCCC(C)C)CCC32)C1. The van der Waals surface area contributed by atoms with Crippen molar-refractivity contribution in [2.45, 2.75) is 118 Å². The molecule has 0 heterocycles. The summed E-state index contributed by atoms with van der Waals surface area (Å²) < 4.78 is 5.71. The molecule has 1 nitrogen and oxygen atoms in total. The molecule has 174 valence electrons. The smallest absolute Gasteiger partial charge is 0.0608 e. The van der Waals surface area contributed by atoms with E-state index in [1.807, 2.05) is 21.0 Å². The Hall–Kier alpha value is -0.300. The molecule has 0 aromatic heterocycles. The van der Waals surface area contributed by atoms with Gasteiger partial charge in [-0.2, -0.15) is 0 Å². The van der Waals surface area contributed by atoms with Crippen LogP contribution in [0.5, 0.6) is 0 Å². The Bertz CT molecular complexity index is 563. The van der Waals surface area contributed by atoms with E-state index in [1.54, 1.807) is 5.57 Å². The number of methoxy groups -OCH3 is 1. The highest BCUT2D eigenvalue weighted by Gasteiger charge is 2.56. The first-order valence-electron chi connectivity index (χ1n) is 13.7. The van der Waals surface area contributed by atoms with E-state index in [0.29, 0.717) is 11.5 Å². The van der Waals surface area contributed by atoms with Gasteiger partial charge < -0.3 is 4.74 Å². The Kier molecular flexibility index (Phi) is 8.56. The van der Waals surface area contributed by atoms with Crippen molar-refractivity contribution in [3.8, 4) is 0 Å². The lowest BCUT2D eigenvalue weighted by Crippen LogP contribution is -2.47. The highest BCUT2D eigenvalue weighted by molar-refractivity contribution is 5.20. The molecule has 4 aliphatic rings. The fourth-order valence-corrected chi connectivity index (χ4v) is 8.46. The molecule has 8 unspecified atom stereocenters. The molecule has 0 aliphatic heterocycles. The molecular weight excluding hydrogens is 364 g/mol. The second-order valence-electron chi connectivity index (χ2n) is 11.7. The van der Waals surface area contributed by atoms with Crippen molar-refractivity contribution >= 4 is 0 Å². The lowest BCUT2D eigenvalue weighted by atomic mass is 9.51. The molecular formula is C29H52O. The number of allylic oxidation sites excluding steroid dienone is 1. The molecule has 0 saturated heterocycles. The highest BCUT2D eigenvalue weighted by Crippen LogP contribution is 2.64. The van der Waals surface area contributed by atoms with Gasteiger partial charge >= 0.3 is 0 Å². The Morgan fingerprint density at radius 2 is 1.77 bits per heavy atom. The zero-order valence-electron chi connectivity index (χ0n) is 21.4. The van der Waals surface area contributed by atoms with Gasteiger partial charge in [0.2, 0.25) is 0 Å². The normalized spacial score (nSPS) is 41.1. The van der Waals surface area contributed by atoms with Crippen molar-refractivity contribution in [3.63, 3.8) is 0 Å². The number of ether oxygens (including phenoxy) is 1. The zero-order chi connectivity index (χ0) is 21.9. The van der Waals surface area contributed by atoms with Crippen LogP contribution < -0.4 is 0 Å². The minimum absolute atomic E-state index is 0.496. The second-order valence-corrected chi connectivity index (χ2v) is 11.7. The first-order valence-corrected chi connectivity index (χ1v) is 13.7. The predicted molar refractivity (Wildman–Crippen MR) is 131 cm³/mol. The van der Waals surface area contributed by atoms with E-state index < -0.39 is 0 Å². The maximum atomic E-state index is 5.71. The molecule has 1 heteroatoms. The van der Waals surface area contributed by atoms with Gasteiger partial charge in [0.15, 0.2) is 0 Å². The van der Waals surface area contributed by atoms with Gasteiger partial charge in [-0.15, -0.1) is 0 Å². The van der Waals surface area contributed by atoms with Crippen molar-refractivity contribution in [2.75, 3.05) is 7.11 Å². The van der Waals surface area contributed by atoms with Gasteiger partial charge in [-0.05, 0) is 98.2 Å². The summed E-state index contributed by atoms with van der Waals surface area (Å²) in [4.78, 5) is 0. The van der Waals surface area contributed by atoms with E-state index in [-0.39, 0.29) is 0 Å². The lowest BCUT2D eigenvalue weighted by Gasteiger charge is -2.54. The summed E-state index contributed by atoms with van der Waals surface area (Å²) in [5, 5.41) is 0. The zero-order valence-corrected chi connectivity index (χ0v) is 21.4. The highest BCUT2D eigenvalue weighted by atomic mass is 16.5. The van der Waals surface area contributed by atoms with Gasteiger partial charge in [-0.25, -0.2) is 0 Å². The molecule has 3 fully saturated rings. The summed E-state index contributed by atoms with van der Waals surface area (Å²) in [5.41, 5.74) is 2.41. The van der Waals surface area contributed by atoms with E-state index in [0.717, 1.165) is 41.4 Å². The first kappa shape index (κ1) is 24.3. The first-order chi connectivity index (χ1) is 14.4. The molecule has 8 atom stereocenters. The second kappa shape index (κ2) is 10.5. The van der Waals surface area contributed by atoms with Crippen LogP contribution in [0.2, 0.25) is 0 Å². The number of fused-ring (bicyclic) bond motifs is 5. The minimum Gasteiger partial charge on any atom is -0.381 e. The monoisotopic (exact) mass is 416 g/mol. The van der Waals surface area contributed by atoms with Crippen LogP contribution >= 0.6 is 0 Å². The third-order valence-corrected chi connectivity index (χ3v) is 9.94. The number of rotatable bonds is 6. The quantitative estimate of drug-likeness (QED) is 0.393. The fourth-order valence-electron chi connectivity index (χ4n) is 8.46. The van der Waals surface area contributed by atoms with Gasteiger partial charge in [0.05, 0.1) is 6.10 Å². The Morgan fingerprint density at radius 3 is 2.47 bits per heavy atom. The minimum atomic E-state index is 0.496. The van der Waals surface area contributed by atoms with Crippen molar-refractivity contribution in [1.29, 1.82) is 0 Å². The third kappa shape index (κ3) is 4.72. The summed E-state index contributed by atoms with van der Waals surface area (Å²) in [6.45, 7) is 14.1. The van der Waals surface area contributed by atoms with Crippen LogP contribution in [0.25, 0.3) is 0 Å². The molecule has 3 saturated carbocycles. The van der Waals surface area contributed by atoms with Crippen LogP contribution in [0.15, 0.2) is 11.6 Å². The van der Waals surface area contributed by atoms with Crippen LogP contribution in [-0.4, -0.2) is 13.2 Å². The van der Waals surface area contributed by atoms with Gasteiger partial charge in [0.1, 0.15) is 0 Å². The van der Waals surface area contributed by atoms with Gasteiger partial charge in [-0.1, -0.05) is 72.5 Å². The van der Waals surface area contributed by atoms with Crippen molar-refractivity contribution in [3.05, 3.63) is 11.6 Å². The van der Waals surface area contributed by atoms with E-state index in [1.165, 1.54) is 70.6 Å². The Morgan fingerprint density at radius 1 is 1.00 bits per heavy atom. The third-order valence-electron chi connectivity index (χ3n) is 9.94. The molecule has 0 N–H and O–H groups in total. The Labute approximate surface area is 188 Å². The van der Waals surface area contributed by atoms with Crippen LogP contribution in [0.1, 0.15) is 112 Å². The van der Waals surface area contributed by atoms with Gasteiger partial charge in [0.25, 0.3) is 0 Å². The molecule has 0 aromatic carbocycles. The molecule has 0 radical (unpaired) electrons. The topological polar surface area (TPSA) is 9.23 Å². The molecule has 30 heavy (non-hydrogen) atoms. The average Bonchev–Trinajstić information content (AvgIpc) is 3.11. The maximum absolute atomic E-state index is 5.71. The molecule has 4 rings (SSSR count).